The van der Waals surface area contributed by atoms with Crippen molar-refractivity contribution >= 4 is 34.2 Å². The maximum absolute atomic E-state index is 12.8. The Bertz CT molecular complexity index is 1330. The first-order valence-electron chi connectivity index (χ1n) is 10.2. The fourth-order valence-corrected chi connectivity index (χ4v) is 4.01. The number of ether oxygens (including phenoxy) is 1. The molecule has 9 nitrogen and oxygen atoms in total. The van der Waals surface area contributed by atoms with Gasteiger partial charge < -0.3 is 19.3 Å². The van der Waals surface area contributed by atoms with Crippen LogP contribution in [0.25, 0.3) is 32.9 Å². The number of morpholine rings is 1. The first-order chi connectivity index (χ1) is 16.7. The van der Waals surface area contributed by atoms with Crippen molar-refractivity contribution in [2.75, 3.05) is 26.3 Å². The zero-order chi connectivity index (χ0) is 25.0. The number of halogens is 3. The maximum atomic E-state index is 12.8. The highest BCUT2D eigenvalue weighted by atomic mass is 32.1. The molecule has 0 radical (unpaired) electrons. The Labute approximate surface area is 199 Å². The molecule has 3 aromatic heterocycles. The number of hydrogen-bond donors (Lipinski definition) is 1. The molecule has 0 spiro atoms. The Morgan fingerprint density at radius 1 is 1.14 bits per heavy atom. The normalized spacial score (nSPS) is 13.9. The monoisotopic (exact) mass is 506 g/mol. The number of rotatable bonds is 3. The van der Waals surface area contributed by atoms with Crippen LogP contribution >= 0.6 is 11.3 Å². The molecule has 1 fully saturated rings. The van der Waals surface area contributed by atoms with Crippen molar-refractivity contribution in [1.29, 1.82) is 0 Å². The van der Waals surface area contributed by atoms with Crippen molar-refractivity contribution in [1.82, 2.24) is 20.0 Å². The van der Waals surface area contributed by atoms with Crippen LogP contribution in [-0.2, 0) is 9.53 Å². The zero-order valence-electron chi connectivity index (χ0n) is 17.9. The van der Waals surface area contributed by atoms with Crippen molar-refractivity contribution in [2.45, 2.75) is 6.18 Å². The van der Waals surface area contributed by atoms with Crippen molar-refractivity contribution in [3.8, 4) is 22.0 Å². The minimum absolute atomic E-state index is 0.00771. The van der Waals surface area contributed by atoms with E-state index in [9.17, 15) is 18.0 Å². The highest BCUT2D eigenvalue weighted by molar-refractivity contribution is 7.13. The number of thiazole rings is 1. The van der Waals surface area contributed by atoms with Crippen LogP contribution in [0.3, 0.4) is 0 Å². The molecule has 1 aromatic carbocycles. The number of carbonyl (C=O) groups excluding carboxylic acids is 1. The predicted octanol–water partition coefficient (Wildman–Crippen LogP) is 4.12. The summed E-state index contributed by atoms with van der Waals surface area (Å²) in [4.78, 5) is 32.3. The number of aromatic nitrogens is 3. The summed E-state index contributed by atoms with van der Waals surface area (Å²) in [5.41, 5.74) is 3.55. The number of amides is 1. The Kier molecular flexibility index (Phi) is 7.07. The molecule has 1 saturated heterocycles. The summed E-state index contributed by atoms with van der Waals surface area (Å²) in [5, 5.41) is 14.9. The van der Waals surface area contributed by atoms with Gasteiger partial charge in [-0.2, -0.15) is 13.2 Å². The number of carboxylic acids is 1. The van der Waals surface area contributed by atoms with Crippen LogP contribution in [0, 0.1) is 0 Å². The first kappa shape index (κ1) is 24.3. The molecular formula is C22H17F3N4O5S. The van der Waals surface area contributed by atoms with Gasteiger partial charge in [-0.15, -0.1) is 11.3 Å². The zero-order valence-corrected chi connectivity index (χ0v) is 18.7. The predicted molar refractivity (Wildman–Crippen MR) is 119 cm³/mol. The van der Waals surface area contributed by atoms with Crippen LogP contribution in [0.5, 0.6) is 0 Å². The van der Waals surface area contributed by atoms with Gasteiger partial charge in [-0.3, -0.25) is 9.78 Å². The van der Waals surface area contributed by atoms with E-state index < -0.39 is 12.1 Å². The van der Waals surface area contributed by atoms with Crippen LogP contribution in [0.4, 0.5) is 13.2 Å². The van der Waals surface area contributed by atoms with Gasteiger partial charge >= 0.3 is 12.1 Å². The second-order valence-electron chi connectivity index (χ2n) is 7.23. The number of aliphatic carboxylic acids is 1. The molecule has 0 bridgehead atoms. The lowest BCUT2D eigenvalue weighted by Crippen LogP contribution is -2.40. The minimum Gasteiger partial charge on any atom is -0.475 e. The second kappa shape index (κ2) is 10.2. The van der Waals surface area contributed by atoms with Gasteiger partial charge in [0.05, 0.1) is 18.6 Å². The van der Waals surface area contributed by atoms with Gasteiger partial charge in [0.25, 0.3) is 5.91 Å². The van der Waals surface area contributed by atoms with E-state index in [4.69, 9.17) is 19.2 Å². The van der Waals surface area contributed by atoms with Gasteiger partial charge in [0.2, 0.25) is 0 Å². The number of benzene rings is 1. The summed E-state index contributed by atoms with van der Waals surface area (Å²) in [7, 11) is 0. The molecular weight excluding hydrogens is 489 g/mol. The van der Waals surface area contributed by atoms with Crippen LogP contribution in [-0.4, -0.2) is 69.5 Å². The number of alkyl halides is 3. The summed E-state index contributed by atoms with van der Waals surface area (Å²) >= 11 is 1.52. The van der Waals surface area contributed by atoms with Gasteiger partial charge in [0.15, 0.2) is 5.58 Å². The number of carbonyl (C=O) groups is 2. The Hall–Kier alpha value is -3.84. The van der Waals surface area contributed by atoms with Crippen LogP contribution < -0.4 is 0 Å². The molecule has 0 atom stereocenters. The molecule has 5 rings (SSSR count). The first-order valence-corrected chi connectivity index (χ1v) is 11.0. The van der Waals surface area contributed by atoms with E-state index in [1.807, 2.05) is 23.6 Å². The molecule has 1 aliphatic heterocycles. The topological polar surface area (TPSA) is 119 Å². The standard InChI is InChI=1S/C20H16N4O3S.C2HF3O2/c25-20(24-6-8-26-9-7-24)13-3-4-17-15(10-13)18(23-27-17)16-12-28-19(22-16)14-2-1-5-21-11-14;3-2(4,5)1(6)7/h1-5,10-12H,6-9H2;(H,6,7). The highest BCUT2D eigenvalue weighted by Gasteiger charge is 2.38. The molecule has 1 amide bonds. The number of nitrogens with zero attached hydrogens (tertiary/aromatic N) is 4. The maximum Gasteiger partial charge on any atom is 0.490 e. The van der Waals surface area contributed by atoms with E-state index in [1.54, 1.807) is 29.4 Å². The average molecular weight is 506 g/mol. The Balaban J connectivity index is 0.000000364. The van der Waals surface area contributed by atoms with Crippen molar-refractivity contribution in [3.05, 3.63) is 53.7 Å². The number of carboxylic acid groups (broad SMARTS) is 1. The summed E-state index contributed by atoms with van der Waals surface area (Å²) in [5.74, 6) is -2.76. The van der Waals surface area contributed by atoms with Crippen LogP contribution in [0.2, 0.25) is 0 Å². The lowest BCUT2D eigenvalue weighted by Gasteiger charge is -2.26. The highest BCUT2D eigenvalue weighted by Crippen LogP contribution is 2.32. The van der Waals surface area contributed by atoms with Gasteiger partial charge in [0.1, 0.15) is 16.4 Å². The van der Waals surface area contributed by atoms with Crippen LogP contribution in [0.15, 0.2) is 52.6 Å². The van der Waals surface area contributed by atoms with E-state index in [0.717, 1.165) is 21.7 Å². The third kappa shape index (κ3) is 5.63. The molecule has 182 valence electrons. The minimum atomic E-state index is -5.08. The Morgan fingerprint density at radius 2 is 1.89 bits per heavy atom. The average Bonchev–Trinajstić information content (AvgIpc) is 3.51. The third-order valence-corrected chi connectivity index (χ3v) is 5.80. The summed E-state index contributed by atoms with van der Waals surface area (Å²) in [6.45, 7) is 2.35. The fraction of sp³-hybridized carbons (Fsp3) is 0.227. The van der Waals surface area contributed by atoms with E-state index in [-0.39, 0.29) is 5.91 Å². The van der Waals surface area contributed by atoms with Gasteiger partial charge in [-0.1, -0.05) is 5.16 Å². The molecule has 4 aromatic rings. The second-order valence-corrected chi connectivity index (χ2v) is 8.09. The van der Waals surface area contributed by atoms with Crippen molar-refractivity contribution < 1.29 is 37.1 Å². The molecule has 1 aliphatic rings. The largest absolute Gasteiger partial charge is 0.490 e. The quantitative estimate of drug-likeness (QED) is 0.441. The van der Waals surface area contributed by atoms with Gasteiger partial charge in [-0.05, 0) is 30.3 Å². The Morgan fingerprint density at radius 3 is 2.54 bits per heavy atom. The molecule has 1 N–H and O–H groups in total. The lowest BCUT2D eigenvalue weighted by molar-refractivity contribution is -0.192. The van der Waals surface area contributed by atoms with Crippen molar-refractivity contribution in [3.63, 3.8) is 0 Å². The molecule has 35 heavy (non-hydrogen) atoms. The summed E-state index contributed by atoms with van der Waals surface area (Å²) in [6, 6.07) is 9.24. The fourth-order valence-electron chi connectivity index (χ4n) is 3.21. The molecule has 0 aliphatic carbocycles. The summed E-state index contributed by atoms with van der Waals surface area (Å²) in [6.07, 6.45) is -1.57. The molecule has 13 heteroatoms. The molecule has 0 saturated carbocycles. The van der Waals surface area contributed by atoms with Crippen molar-refractivity contribution in [2.24, 2.45) is 0 Å². The number of hydrogen-bond acceptors (Lipinski definition) is 8. The van der Waals surface area contributed by atoms with Crippen LogP contribution in [0.1, 0.15) is 10.4 Å². The third-order valence-electron chi connectivity index (χ3n) is 4.91. The SMILES string of the molecule is O=C(O)C(F)(F)F.O=C(c1ccc2onc(-c3csc(-c4cccnc4)n3)c2c1)N1CCOCC1. The van der Waals surface area contributed by atoms with Gasteiger partial charge in [0, 0.05) is 42.0 Å². The number of fused-ring (bicyclic) bond motifs is 1. The lowest BCUT2D eigenvalue weighted by atomic mass is 10.1. The van der Waals surface area contributed by atoms with E-state index in [2.05, 4.69) is 15.1 Å². The van der Waals surface area contributed by atoms with Gasteiger partial charge in [-0.25, -0.2) is 9.78 Å². The number of pyridine rings is 1. The van der Waals surface area contributed by atoms with E-state index in [0.29, 0.717) is 43.1 Å². The molecule has 4 heterocycles. The smallest absolute Gasteiger partial charge is 0.475 e. The van der Waals surface area contributed by atoms with E-state index >= 15 is 0 Å². The molecule has 0 unspecified atom stereocenters. The summed E-state index contributed by atoms with van der Waals surface area (Å²) < 4.78 is 42.5. The van der Waals surface area contributed by atoms with E-state index in [1.165, 1.54) is 11.3 Å².